The Morgan fingerprint density at radius 2 is 1.97 bits per heavy atom. The van der Waals surface area contributed by atoms with Crippen molar-refractivity contribution in [1.82, 2.24) is 19.6 Å². The average molecular weight is 418 g/mol. The van der Waals surface area contributed by atoms with Gasteiger partial charge in [0, 0.05) is 11.2 Å². The Morgan fingerprint density at radius 3 is 2.66 bits per heavy atom. The number of aromatic nitrogens is 4. The second-order valence-corrected chi connectivity index (χ2v) is 6.86. The van der Waals surface area contributed by atoms with Gasteiger partial charge in [-0.15, -0.1) is 0 Å². The van der Waals surface area contributed by atoms with Crippen LogP contribution in [-0.2, 0) is 18.1 Å². The van der Waals surface area contributed by atoms with Crippen molar-refractivity contribution in [2.24, 2.45) is 0 Å². The van der Waals surface area contributed by atoms with Crippen LogP contribution in [0.3, 0.4) is 0 Å². The van der Waals surface area contributed by atoms with Gasteiger partial charge in [-0.2, -0.15) is 10.2 Å². The van der Waals surface area contributed by atoms with Crippen LogP contribution in [0.4, 0.5) is 5.69 Å². The van der Waals surface area contributed by atoms with Gasteiger partial charge >= 0.3 is 5.97 Å². The Kier molecular flexibility index (Phi) is 5.88. The molecule has 0 bridgehead atoms. The summed E-state index contributed by atoms with van der Waals surface area (Å²) in [5.41, 5.74) is 2.89. The second-order valence-electron chi connectivity index (χ2n) is 6.45. The number of aliphatic carboxylic acids is 1. The number of carboxylic acids is 1. The zero-order chi connectivity index (χ0) is 21.1. The van der Waals surface area contributed by atoms with Gasteiger partial charge in [-0.05, 0) is 50.6 Å². The lowest BCUT2D eigenvalue weighted by molar-refractivity contribution is -0.137. The topological polar surface area (TPSA) is 111 Å². The number of carboxylic acid groups (broad SMARTS) is 1. The van der Waals surface area contributed by atoms with E-state index in [2.05, 4.69) is 15.5 Å². The van der Waals surface area contributed by atoms with Crippen molar-refractivity contribution in [2.45, 2.75) is 34.0 Å². The molecule has 1 amide bonds. The Morgan fingerprint density at radius 1 is 1.21 bits per heavy atom. The smallest absolute Gasteiger partial charge is 0.325 e. The summed E-state index contributed by atoms with van der Waals surface area (Å²) in [5.74, 6) is -0.899. The van der Waals surface area contributed by atoms with Crippen molar-refractivity contribution in [1.29, 1.82) is 0 Å². The molecule has 2 aromatic heterocycles. The Hall–Kier alpha value is -3.33. The maximum Gasteiger partial charge on any atom is 0.325 e. The number of carbonyl (C=O) groups excluding carboxylic acids is 1. The summed E-state index contributed by atoms with van der Waals surface area (Å²) in [4.78, 5) is 23.5. The number of carbonyl (C=O) groups is 2. The highest BCUT2D eigenvalue weighted by Gasteiger charge is 2.19. The maximum absolute atomic E-state index is 12.6. The van der Waals surface area contributed by atoms with Gasteiger partial charge in [-0.3, -0.25) is 9.59 Å². The summed E-state index contributed by atoms with van der Waals surface area (Å²) < 4.78 is 8.52. The van der Waals surface area contributed by atoms with Crippen LogP contribution in [0.1, 0.15) is 27.4 Å². The summed E-state index contributed by atoms with van der Waals surface area (Å²) in [7, 11) is 0. The van der Waals surface area contributed by atoms with Crippen LogP contribution in [0.25, 0.3) is 0 Å². The molecule has 0 unspecified atom stereocenters. The van der Waals surface area contributed by atoms with E-state index in [1.54, 1.807) is 30.7 Å². The highest BCUT2D eigenvalue weighted by molar-refractivity contribution is 6.31. The summed E-state index contributed by atoms with van der Waals surface area (Å²) in [6.07, 6.45) is 1.38. The van der Waals surface area contributed by atoms with Gasteiger partial charge in [0.25, 0.3) is 5.91 Å². The third kappa shape index (κ3) is 4.57. The standard InChI is InChI=1S/C19H20ClN5O4/c1-11-8-14(4-5-15(11)20)29-10-25-13(3)18(12(2)23-25)22-19(28)16-6-7-21-24(16)9-17(26)27/h4-8H,9-10H2,1-3H3,(H,22,28)(H,26,27). The number of nitrogens with zero attached hydrogens (tertiary/aromatic N) is 4. The van der Waals surface area contributed by atoms with Crippen LogP contribution in [0.15, 0.2) is 30.5 Å². The molecule has 0 fully saturated rings. The predicted octanol–water partition coefficient (Wildman–Crippen LogP) is 3.03. The Labute approximate surface area is 171 Å². The van der Waals surface area contributed by atoms with Crippen molar-refractivity contribution in [3.8, 4) is 5.75 Å². The van der Waals surface area contributed by atoms with Gasteiger partial charge < -0.3 is 15.2 Å². The fraction of sp³-hybridized carbons (Fsp3) is 0.263. The van der Waals surface area contributed by atoms with Gasteiger partial charge in [0.2, 0.25) is 0 Å². The van der Waals surface area contributed by atoms with Crippen molar-refractivity contribution >= 4 is 29.2 Å². The zero-order valence-electron chi connectivity index (χ0n) is 16.1. The second kappa shape index (κ2) is 8.36. The Balaban J connectivity index is 1.74. The molecule has 152 valence electrons. The first-order valence-corrected chi connectivity index (χ1v) is 9.12. The molecular formula is C19H20ClN5O4. The molecule has 10 heteroatoms. The molecule has 0 saturated heterocycles. The minimum Gasteiger partial charge on any atom is -0.480 e. The molecule has 0 atom stereocenters. The first kappa shape index (κ1) is 20.4. The largest absolute Gasteiger partial charge is 0.480 e. The molecule has 9 nitrogen and oxygen atoms in total. The third-order valence-electron chi connectivity index (χ3n) is 4.34. The van der Waals surface area contributed by atoms with Gasteiger partial charge in [0.1, 0.15) is 18.0 Å². The zero-order valence-corrected chi connectivity index (χ0v) is 16.9. The number of amides is 1. The molecule has 0 saturated carbocycles. The molecule has 3 rings (SSSR count). The molecule has 2 heterocycles. The van der Waals surface area contributed by atoms with E-state index in [4.69, 9.17) is 21.4 Å². The van der Waals surface area contributed by atoms with Crippen LogP contribution in [0.5, 0.6) is 5.75 Å². The van der Waals surface area contributed by atoms with Gasteiger partial charge in [-0.1, -0.05) is 11.6 Å². The number of aryl methyl sites for hydroxylation is 2. The molecular weight excluding hydrogens is 398 g/mol. The number of rotatable bonds is 7. The lowest BCUT2D eigenvalue weighted by Crippen LogP contribution is -2.21. The first-order valence-electron chi connectivity index (χ1n) is 8.74. The van der Waals surface area contributed by atoms with Crippen LogP contribution >= 0.6 is 11.6 Å². The van der Waals surface area contributed by atoms with Crippen molar-refractivity contribution in [3.63, 3.8) is 0 Å². The van der Waals surface area contributed by atoms with Gasteiger partial charge in [0.05, 0.1) is 17.1 Å². The summed E-state index contributed by atoms with van der Waals surface area (Å²) in [6.45, 7) is 5.21. The fourth-order valence-electron chi connectivity index (χ4n) is 2.80. The Bertz CT molecular complexity index is 1070. The molecule has 29 heavy (non-hydrogen) atoms. The van der Waals surface area contributed by atoms with E-state index >= 15 is 0 Å². The number of hydrogen-bond donors (Lipinski definition) is 2. The quantitative estimate of drug-likeness (QED) is 0.611. The highest BCUT2D eigenvalue weighted by Crippen LogP contribution is 2.23. The molecule has 0 spiro atoms. The fourth-order valence-corrected chi connectivity index (χ4v) is 2.92. The van der Waals surface area contributed by atoms with E-state index in [-0.39, 0.29) is 12.4 Å². The monoisotopic (exact) mass is 417 g/mol. The van der Waals surface area contributed by atoms with E-state index in [0.29, 0.717) is 27.8 Å². The van der Waals surface area contributed by atoms with Crippen molar-refractivity contribution in [3.05, 3.63) is 58.1 Å². The number of halogens is 1. The molecule has 0 aliphatic heterocycles. The van der Waals surface area contributed by atoms with Crippen LogP contribution in [0.2, 0.25) is 5.02 Å². The highest BCUT2D eigenvalue weighted by atomic mass is 35.5. The summed E-state index contributed by atoms with van der Waals surface area (Å²) in [6, 6.07) is 6.83. The normalized spacial score (nSPS) is 10.8. The number of anilines is 1. The summed E-state index contributed by atoms with van der Waals surface area (Å²) in [5, 5.41) is 20.6. The number of benzene rings is 1. The lowest BCUT2D eigenvalue weighted by atomic mass is 10.2. The number of ether oxygens (including phenoxy) is 1. The third-order valence-corrected chi connectivity index (χ3v) is 4.76. The van der Waals surface area contributed by atoms with Crippen molar-refractivity contribution < 1.29 is 19.4 Å². The van der Waals surface area contributed by atoms with E-state index in [1.807, 2.05) is 13.0 Å². The molecule has 2 N–H and O–H groups in total. The molecule has 3 aromatic rings. The van der Waals surface area contributed by atoms with E-state index < -0.39 is 18.4 Å². The lowest BCUT2D eigenvalue weighted by Gasteiger charge is -2.10. The van der Waals surface area contributed by atoms with E-state index in [1.165, 1.54) is 12.3 Å². The number of hydrogen-bond acceptors (Lipinski definition) is 5. The SMILES string of the molecule is Cc1cc(OCn2nc(C)c(NC(=O)c3ccnn3CC(=O)O)c2C)ccc1Cl. The molecule has 1 aromatic carbocycles. The molecule has 0 radical (unpaired) electrons. The van der Waals surface area contributed by atoms with E-state index in [9.17, 15) is 9.59 Å². The van der Waals surface area contributed by atoms with Crippen LogP contribution in [0, 0.1) is 20.8 Å². The molecule has 0 aliphatic rings. The molecule has 0 aliphatic carbocycles. The maximum atomic E-state index is 12.6. The van der Waals surface area contributed by atoms with Gasteiger partial charge in [0.15, 0.2) is 6.73 Å². The van der Waals surface area contributed by atoms with Crippen molar-refractivity contribution in [2.75, 3.05) is 5.32 Å². The average Bonchev–Trinajstić information content (AvgIpc) is 3.21. The predicted molar refractivity (Wildman–Crippen MR) is 106 cm³/mol. The van der Waals surface area contributed by atoms with Crippen LogP contribution in [-0.4, -0.2) is 36.5 Å². The van der Waals surface area contributed by atoms with E-state index in [0.717, 1.165) is 10.2 Å². The van der Waals surface area contributed by atoms with Gasteiger partial charge in [-0.25, -0.2) is 9.36 Å². The van der Waals surface area contributed by atoms with Crippen LogP contribution < -0.4 is 10.1 Å². The summed E-state index contributed by atoms with van der Waals surface area (Å²) >= 11 is 6.02. The minimum absolute atomic E-state index is 0.145. The first-order chi connectivity index (χ1) is 13.8. The number of nitrogens with one attached hydrogen (secondary N) is 1. The minimum atomic E-state index is -1.09.